The van der Waals surface area contributed by atoms with Crippen LogP contribution in [0.2, 0.25) is 0 Å². The Morgan fingerprint density at radius 1 is 0.652 bits per heavy atom. The number of rotatable bonds is 4. The molecule has 0 heterocycles. The van der Waals surface area contributed by atoms with Crippen molar-refractivity contribution in [1.29, 1.82) is 0 Å². The molecule has 0 saturated carbocycles. The summed E-state index contributed by atoms with van der Waals surface area (Å²) in [7, 11) is -8.49. The van der Waals surface area contributed by atoms with Crippen LogP contribution in [-0.2, 0) is 25.7 Å². The van der Waals surface area contributed by atoms with Crippen LogP contribution in [-0.4, -0.2) is 25.9 Å². The zero-order chi connectivity index (χ0) is 17.5. The minimum absolute atomic E-state index is 0.196. The summed E-state index contributed by atoms with van der Waals surface area (Å²) in [6.07, 6.45) is 0. The molecule has 0 aromatic heterocycles. The second-order valence-electron chi connectivity index (χ2n) is 5.62. The van der Waals surface area contributed by atoms with Crippen molar-refractivity contribution in [2.24, 2.45) is 0 Å². The zero-order valence-electron chi connectivity index (χ0n) is 12.5. The van der Waals surface area contributed by atoms with Gasteiger partial charge in [0.15, 0.2) is 0 Å². The molecule has 0 radical (unpaired) electrons. The van der Waals surface area contributed by atoms with Crippen molar-refractivity contribution >= 4 is 20.2 Å². The molecule has 0 atom stereocenters. The van der Waals surface area contributed by atoms with Gasteiger partial charge in [0, 0.05) is 5.41 Å². The van der Waals surface area contributed by atoms with Gasteiger partial charge >= 0.3 is 0 Å². The molecule has 0 unspecified atom stereocenters. The topological polar surface area (TPSA) is 109 Å². The highest BCUT2D eigenvalue weighted by Crippen LogP contribution is 2.32. The van der Waals surface area contributed by atoms with E-state index in [2.05, 4.69) is 0 Å². The summed E-state index contributed by atoms with van der Waals surface area (Å²) < 4.78 is 62.3. The van der Waals surface area contributed by atoms with Crippen LogP contribution in [0.1, 0.15) is 25.0 Å². The van der Waals surface area contributed by atoms with Crippen molar-refractivity contribution in [1.82, 2.24) is 0 Å². The molecule has 0 aliphatic heterocycles. The fourth-order valence-electron chi connectivity index (χ4n) is 2.25. The first kappa shape index (κ1) is 17.6. The largest absolute Gasteiger partial charge is 0.294 e. The van der Waals surface area contributed by atoms with Crippen LogP contribution in [0.5, 0.6) is 0 Å². The van der Waals surface area contributed by atoms with Gasteiger partial charge in [0.05, 0.1) is 9.79 Å². The van der Waals surface area contributed by atoms with Crippen LogP contribution < -0.4 is 0 Å². The summed E-state index contributed by atoms with van der Waals surface area (Å²) >= 11 is 0. The molecule has 124 valence electrons. The normalized spacial score (nSPS) is 13.0. The third-order valence-electron chi connectivity index (χ3n) is 3.75. The van der Waals surface area contributed by atoms with E-state index in [1.807, 2.05) is 13.8 Å². The lowest BCUT2D eigenvalue weighted by Gasteiger charge is -2.26. The van der Waals surface area contributed by atoms with Gasteiger partial charge in [0.25, 0.3) is 20.2 Å². The van der Waals surface area contributed by atoms with E-state index in [4.69, 9.17) is 9.11 Å². The molecule has 2 rings (SSSR count). The summed E-state index contributed by atoms with van der Waals surface area (Å²) in [5.74, 6) is 0. The molecule has 2 aromatic carbocycles. The van der Waals surface area contributed by atoms with E-state index >= 15 is 0 Å². The zero-order valence-corrected chi connectivity index (χ0v) is 14.1. The summed E-state index contributed by atoms with van der Waals surface area (Å²) in [5, 5.41) is 0. The van der Waals surface area contributed by atoms with Crippen molar-refractivity contribution in [3.05, 3.63) is 59.7 Å². The van der Waals surface area contributed by atoms with Gasteiger partial charge in [-0.25, -0.2) is 0 Å². The molecule has 2 aromatic rings. The smallest absolute Gasteiger partial charge is 0.282 e. The van der Waals surface area contributed by atoms with E-state index in [9.17, 15) is 16.8 Å². The highest BCUT2D eigenvalue weighted by Gasteiger charge is 2.24. The molecule has 2 N–H and O–H groups in total. The van der Waals surface area contributed by atoms with Crippen molar-refractivity contribution < 1.29 is 25.9 Å². The molecule has 0 spiro atoms. The van der Waals surface area contributed by atoms with E-state index < -0.39 is 25.7 Å². The van der Waals surface area contributed by atoms with E-state index in [0.717, 1.165) is 11.1 Å². The van der Waals surface area contributed by atoms with E-state index in [-0.39, 0.29) is 9.79 Å². The van der Waals surface area contributed by atoms with Crippen LogP contribution in [0, 0.1) is 0 Å². The SMILES string of the molecule is CC(C)(c1ccc(S(=O)(=O)O)cc1)c1ccc(S(=O)(=O)O)cc1. The molecule has 8 heteroatoms. The predicted octanol–water partition coefficient (Wildman–Crippen LogP) is 2.51. The van der Waals surface area contributed by atoms with Crippen molar-refractivity contribution in [2.75, 3.05) is 0 Å². The molecular formula is C15H16O6S2. The fourth-order valence-corrected chi connectivity index (χ4v) is 3.21. The Labute approximate surface area is 135 Å². The molecule has 0 bridgehead atoms. The third-order valence-corrected chi connectivity index (χ3v) is 5.48. The maximum absolute atomic E-state index is 11.1. The Morgan fingerprint density at radius 3 is 1.13 bits per heavy atom. The van der Waals surface area contributed by atoms with Gasteiger partial charge in [-0.15, -0.1) is 0 Å². The maximum atomic E-state index is 11.1. The average Bonchev–Trinajstić information content (AvgIpc) is 2.46. The molecule has 0 aliphatic carbocycles. The van der Waals surface area contributed by atoms with Crippen molar-refractivity contribution in [2.45, 2.75) is 29.1 Å². The molecule has 0 amide bonds. The van der Waals surface area contributed by atoms with E-state index in [0.29, 0.717) is 0 Å². The van der Waals surface area contributed by atoms with Crippen molar-refractivity contribution in [3.8, 4) is 0 Å². The molecule has 0 fully saturated rings. The molecule has 0 aliphatic rings. The Kier molecular flexibility index (Phi) is 4.38. The monoisotopic (exact) mass is 356 g/mol. The van der Waals surface area contributed by atoms with Gasteiger partial charge in [0.1, 0.15) is 0 Å². The van der Waals surface area contributed by atoms with Gasteiger partial charge in [-0.3, -0.25) is 9.11 Å². The highest BCUT2D eigenvalue weighted by atomic mass is 32.2. The summed E-state index contributed by atoms with van der Waals surface area (Å²) in [4.78, 5) is -0.391. The van der Waals surface area contributed by atoms with Crippen LogP contribution in [0.3, 0.4) is 0 Å². The second-order valence-corrected chi connectivity index (χ2v) is 8.47. The lowest BCUT2D eigenvalue weighted by atomic mass is 9.78. The minimum Gasteiger partial charge on any atom is -0.282 e. The van der Waals surface area contributed by atoms with Crippen LogP contribution in [0.25, 0.3) is 0 Å². The average molecular weight is 356 g/mol. The first-order valence-corrected chi connectivity index (χ1v) is 9.46. The number of hydrogen-bond donors (Lipinski definition) is 2. The Balaban J connectivity index is 2.42. The maximum Gasteiger partial charge on any atom is 0.294 e. The molecular weight excluding hydrogens is 340 g/mol. The first-order valence-electron chi connectivity index (χ1n) is 6.58. The van der Waals surface area contributed by atoms with Gasteiger partial charge in [0.2, 0.25) is 0 Å². The van der Waals surface area contributed by atoms with Gasteiger partial charge in [-0.05, 0) is 35.4 Å². The predicted molar refractivity (Wildman–Crippen MR) is 84.6 cm³/mol. The number of benzene rings is 2. The quantitative estimate of drug-likeness (QED) is 0.815. The lowest BCUT2D eigenvalue weighted by Crippen LogP contribution is -2.19. The molecule has 6 nitrogen and oxygen atoms in total. The van der Waals surface area contributed by atoms with Crippen LogP contribution in [0.4, 0.5) is 0 Å². The number of hydrogen-bond acceptors (Lipinski definition) is 4. The van der Waals surface area contributed by atoms with E-state index in [1.54, 1.807) is 24.3 Å². The lowest BCUT2D eigenvalue weighted by molar-refractivity contribution is 0.481. The standard InChI is InChI=1S/C15H16O6S2/c1-15(2,11-3-7-13(8-4-11)22(16,17)18)12-5-9-14(10-6-12)23(19,20)21/h3-10H,1-2H3,(H,16,17,18)(H,19,20,21). The Morgan fingerprint density at radius 2 is 0.913 bits per heavy atom. The highest BCUT2D eigenvalue weighted by molar-refractivity contribution is 7.86. The third kappa shape index (κ3) is 3.78. The minimum atomic E-state index is -4.25. The van der Waals surface area contributed by atoms with Crippen LogP contribution >= 0.6 is 0 Å². The van der Waals surface area contributed by atoms with Crippen LogP contribution in [0.15, 0.2) is 58.3 Å². The fraction of sp³-hybridized carbons (Fsp3) is 0.200. The van der Waals surface area contributed by atoms with Gasteiger partial charge < -0.3 is 0 Å². The summed E-state index contributed by atoms with van der Waals surface area (Å²) in [6.45, 7) is 3.77. The first-order chi connectivity index (χ1) is 10.4. The van der Waals surface area contributed by atoms with Crippen molar-refractivity contribution in [3.63, 3.8) is 0 Å². The molecule has 23 heavy (non-hydrogen) atoms. The van der Waals surface area contributed by atoms with Gasteiger partial charge in [-0.1, -0.05) is 38.1 Å². The Bertz CT molecular complexity index is 831. The molecule has 0 saturated heterocycles. The Hall–Kier alpha value is -1.74. The second kappa shape index (κ2) is 5.72. The van der Waals surface area contributed by atoms with E-state index in [1.165, 1.54) is 24.3 Å². The van der Waals surface area contributed by atoms with Gasteiger partial charge in [-0.2, -0.15) is 16.8 Å². The summed E-state index contributed by atoms with van der Waals surface area (Å²) in [6, 6.07) is 11.6. The summed E-state index contributed by atoms with van der Waals surface area (Å²) in [5.41, 5.74) is 1.03.